The van der Waals surface area contributed by atoms with Gasteiger partial charge in [-0.25, -0.2) is 9.13 Å². The molecule has 0 radical (unpaired) electrons. The number of esters is 4. The lowest BCUT2D eigenvalue weighted by atomic mass is 10.1. The number of hydrogen-bond donors (Lipinski definition) is 3. The highest BCUT2D eigenvalue weighted by Crippen LogP contribution is 2.45. The van der Waals surface area contributed by atoms with Gasteiger partial charge in [0.25, 0.3) is 0 Å². The van der Waals surface area contributed by atoms with Crippen LogP contribution < -0.4 is 0 Å². The van der Waals surface area contributed by atoms with Crippen LogP contribution in [-0.2, 0) is 65.4 Å². The fraction of sp³-hybridized carbons (Fsp3) is 0.711. The van der Waals surface area contributed by atoms with Crippen molar-refractivity contribution < 1.29 is 80.2 Å². The van der Waals surface area contributed by atoms with Crippen LogP contribution in [0.4, 0.5) is 0 Å². The van der Waals surface area contributed by atoms with Gasteiger partial charge in [0.2, 0.25) is 0 Å². The third kappa shape index (κ3) is 73.8. The number of ether oxygens (including phenoxy) is 4. The van der Waals surface area contributed by atoms with Crippen LogP contribution in [0.2, 0.25) is 0 Å². The van der Waals surface area contributed by atoms with Crippen LogP contribution in [0.15, 0.2) is 122 Å². The Morgan fingerprint density at radius 2 is 0.510 bits per heavy atom. The molecule has 0 aromatic rings. The van der Waals surface area contributed by atoms with Crippen molar-refractivity contribution in [2.45, 2.75) is 341 Å². The number of allylic oxidation sites excluding steroid dienone is 20. The number of carbonyl (C=O) groups is 4. The molecule has 5 unspecified atom stereocenters. The molecule has 0 aromatic heterocycles. The Morgan fingerprint density at radius 1 is 0.284 bits per heavy atom. The van der Waals surface area contributed by atoms with Gasteiger partial charge in [0, 0.05) is 25.7 Å². The summed E-state index contributed by atoms with van der Waals surface area (Å²) in [7, 11) is -9.97. The second-order valence-electron chi connectivity index (χ2n) is 26.2. The molecule has 0 spiro atoms. The first kappa shape index (κ1) is 97.5. The van der Waals surface area contributed by atoms with Crippen LogP contribution in [0.25, 0.3) is 0 Å². The summed E-state index contributed by atoms with van der Waals surface area (Å²) >= 11 is 0. The van der Waals surface area contributed by atoms with E-state index in [1.54, 1.807) is 0 Å². The average molecular weight is 1470 g/mol. The van der Waals surface area contributed by atoms with Gasteiger partial charge >= 0.3 is 39.5 Å². The summed E-state index contributed by atoms with van der Waals surface area (Å²) < 4.78 is 68.6. The van der Waals surface area contributed by atoms with E-state index in [4.69, 9.17) is 37.0 Å². The van der Waals surface area contributed by atoms with Crippen molar-refractivity contribution in [3.05, 3.63) is 122 Å². The minimum Gasteiger partial charge on any atom is -0.462 e. The van der Waals surface area contributed by atoms with Gasteiger partial charge in [0.15, 0.2) is 12.2 Å². The molecule has 0 saturated heterocycles. The number of carbonyl (C=O) groups excluding carboxylic acids is 4. The number of rotatable bonds is 74. The molecule has 19 heteroatoms. The standard InChI is InChI=1S/C83H142O17P2/c1-5-9-13-17-21-25-29-33-37-38-42-44-48-52-56-60-64-68-81(86)94-74-79(100-83(88)70-66-62-58-54-50-46-41-36-32-28-24-20-16-12-8-4)76-98-102(91,92)96-72-77(84)71-95-101(89,90)97-75-78(99-82(87)69-65-61-57-53-49-45-40-35-31-27-23-19-15-11-7-3)73-93-80(85)67-63-59-55-51-47-43-39-34-30-26-22-18-14-10-6-2/h9-11,13-15,21-23,25-27,33-37,39-41,77-79,84H,5-8,12,16-20,24,28-32,38,42-76H2,1-4H3,(H,89,90)(H,91,92)/b13-9-,14-10-,15-11-,25-21-,26-22-,27-23-,37-33-,39-34-,40-35-,41-36-. The number of hydrogen-bond acceptors (Lipinski definition) is 15. The lowest BCUT2D eigenvalue weighted by Gasteiger charge is -2.21. The highest BCUT2D eigenvalue weighted by atomic mass is 31.2. The Bertz CT molecular complexity index is 2410. The molecule has 0 saturated carbocycles. The van der Waals surface area contributed by atoms with Crippen molar-refractivity contribution in [2.75, 3.05) is 39.6 Å². The number of unbranched alkanes of at least 4 members (excludes halogenated alkanes) is 28. The summed E-state index contributed by atoms with van der Waals surface area (Å²) in [5, 5.41) is 10.6. The van der Waals surface area contributed by atoms with Crippen molar-refractivity contribution in [1.29, 1.82) is 0 Å². The average Bonchev–Trinajstić information content (AvgIpc) is 0.923. The van der Waals surface area contributed by atoms with Crippen LogP contribution in [0.5, 0.6) is 0 Å². The summed E-state index contributed by atoms with van der Waals surface area (Å²) in [4.78, 5) is 73.0. The first-order valence-electron chi connectivity index (χ1n) is 39.8. The largest absolute Gasteiger partial charge is 0.472 e. The van der Waals surface area contributed by atoms with Gasteiger partial charge in [-0.2, -0.15) is 0 Å². The zero-order valence-electron chi connectivity index (χ0n) is 64.0. The maximum atomic E-state index is 13.1. The SMILES string of the molecule is CC/C=C\C/C=C\C/C=C\CCCCCCCCCC(=O)OCC(COP(=O)(O)OCC(O)COP(=O)(O)OCC(COC(=O)CCCCCCC/C=C\C/C=C\C/C=C\CC)OC(=O)CCCCCCC/C=C\C/C=C\C/C=C\CC)OC(=O)CCCCCCC/C=C\CCCCCCCC. The van der Waals surface area contributed by atoms with Crippen LogP contribution in [0.3, 0.4) is 0 Å². The molecule has 0 aromatic carbocycles. The minimum atomic E-state index is -4.99. The molecule has 0 amide bonds. The predicted molar refractivity (Wildman–Crippen MR) is 418 cm³/mol. The smallest absolute Gasteiger partial charge is 0.462 e. The molecule has 0 fully saturated rings. The maximum Gasteiger partial charge on any atom is 0.472 e. The Kier molecular flexibility index (Phi) is 71.4. The molecular formula is C83H142O17P2. The van der Waals surface area contributed by atoms with Crippen LogP contribution in [0.1, 0.15) is 323 Å². The van der Waals surface area contributed by atoms with Gasteiger partial charge in [-0.1, -0.05) is 271 Å². The predicted octanol–water partition coefficient (Wildman–Crippen LogP) is 23.1. The molecule has 0 rings (SSSR count). The van der Waals surface area contributed by atoms with Crippen LogP contribution in [0, 0.1) is 0 Å². The molecule has 102 heavy (non-hydrogen) atoms. The van der Waals surface area contributed by atoms with Crippen molar-refractivity contribution in [2.24, 2.45) is 0 Å². The van der Waals surface area contributed by atoms with Crippen molar-refractivity contribution in [1.82, 2.24) is 0 Å². The zero-order chi connectivity index (χ0) is 74.6. The third-order valence-electron chi connectivity index (χ3n) is 16.4. The quantitative estimate of drug-likeness (QED) is 0.0169. The van der Waals surface area contributed by atoms with Crippen molar-refractivity contribution >= 4 is 39.5 Å². The first-order chi connectivity index (χ1) is 49.7. The van der Waals surface area contributed by atoms with E-state index in [1.165, 1.54) is 38.5 Å². The molecular weight excluding hydrogens is 1330 g/mol. The molecule has 17 nitrogen and oxygen atoms in total. The summed E-state index contributed by atoms with van der Waals surface area (Å²) in [6.45, 7) is 4.50. The molecule has 0 aliphatic rings. The normalized spacial score (nSPS) is 14.5. The molecule has 0 bridgehead atoms. The minimum absolute atomic E-state index is 0.0694. The van der Waals surface area contributed by atoms with E-state index in [0.717, 1.165) is 205 Å². The monoisotopic (exact) mass is 1470 g/mol. The highest BCUT2D eigenvalue weighted by molar-refractivity contribution is 7.47. The van der Waals surface area contributed by atoms with Crippen molar-refractivity contribution in [3.63, 3.8) is 0 Å². The Labute approximate surface area is 619 Å². The summed E-state index contributed by atoms with van der Waals surface area (Å²) in [5.74, 6) is -2.22. The van der Waals surface area contributed by atoms with E-state index in [2.05, 4.69) is 149 Å². The first-order valence-corrected chi connectivity index (χ1v) is 42.8. The van der Waals surface area contributed by atoms with E-state index in [-0.39, 0.29) is 25.7 Å². The molecule has 0 aliphatic heterocycles. The molecule has 586 valence electrons. The lowest BCUT2D eigenvalue weighted by Crippen LogP contribution is -2.30. The number of aliphatic hydroxyl groups is 1. The van der Waals surface area contributed by atoms with Gasteiger partial charge in [-0.05, 0) is 148 Å². The van der Waals surface area contributed by atoms with Crippen LogP contribution in [-0.4, -0.2) is 96.7 Å². The Hall–Kier alpha value is -4.54. The van der Waals surface area contributed by atoms with Crippen LogP contribution >= 0.6 is 15.6 Å². The van der Waals surface area contributed by atoms with E-state index < -0.39 is 97.5 Å². The van der Waals surface area contributed by atoms with Gasteiger partial charge in [0.05, 0.1) is 26.4 Å². The zero-order valence-corrected chi connectivity index (χ0v) is 65.8. The number of aliphatic hydroxyl groups excluding tert-OH is 1. The van der Waals surface area contributed by atoms with Gasteiger partial charge in [-0.3, -0.25) is 37.3 Å². The summed E-state index contributed by atoms with van der Waals surface area (Å²) in [6.07, 6.45) is 81.7. The van der Waals surface area contributed by atoms with E-state index in [1.807, 2.05) is 0 Å². The Morgan fingerprint density at radius 3 is 0.794 bits per heavy atom. The number of phosphoric acid groups is 2. The lowest BCUT2D eigenvalue weighted by molar-refractivity contribution is -0.161. The topological polar surface area (TPSA) is 237 Å². The highest BCUT2D eigenvalue weighted by Gasteiger charge is 2.30. The molecule has 3 N–H and O–H groups in total. The maximum absolute atomic E-state index is 13.1. The molecule has 0 heterocycles. The second kappa shape index (κ2) is 74.7. The van der Waals surface area contributed by atoms with Gasteiger partial charge < -0.3 is 33.8 Å². The Balaban J connectivity index is 5.39. The molecule has 5 atom stereocenters. The van der Waals surface area contributed by atoms with Gasteiger partial charge in [-0.15, -0.1) is 0 Å². The third-order valence-corrected chi connectivity index (χ3v) is 18.3. The second-order valence-corrected chi connectivity index (χ2v) is 29.1. The number of phosphoric ester groups is 2. The fourth-order valence-corrected chi connectivity index (χ4v) is 12.0. The van der Waals surface area contributed by atoms with E-state index in [9.17, 15) is 43.2 Å². The van der Waals surface area contributed by atoms with Crippen molar-refractivity contribution in [3.8, 4) is 0 Å². The summed E-state index contributed by atoms with van der Waals surface area (Å²) in [5.41, 5.74) is 0. The summed E-state index contributed by atoms with van der Waals surface area (Å²) in [6, 6.07) is 0. The molecule has 0 aliphatic carbocycles. The fourth-order valence-electron chi connectivity index (χ4n) is 10.4. The van der Waals surface area contributed by atoms with E-state index >= 15 is 0 Å². The van der Waals surface area contributed by atoms with Gasteiger partial charge in [0.1, 0.15) is 19.3 Å². The van der Waals surface area contributed by atoms with E-state index in [0.29, 0.717) is 25.7 Å².